The Hall–Kier alpha value is -1.90. The topological polar surface area (TPSA) is 66.4 Å². The summed E-state index contributed by atoms with van der Waals surface area (Å²) in [6, 6.07) is 8.66. The van der Waals surface area contributed by atoms with Crippen molar-refractivity contribution >= 4 is 10.0 Å². The lowest BCUT2D eigenvalue weighted by Crippen LogP contribution is -2.39. The predicted molar refractivity (Wildman–Crippen MR) is 77.7 cm³/mol. The molecule has 0 saturated heterocycles. The smallest absolute Gasteiger partial charge is 0.241 e. The highest BCUT2D eigenvalue weighted by atomic mass is 32.2. The van der Waals surface area contributed by atoms with Crippen LogP contribution in [0.3, 0.4) is 0 Å². The van der Waals surface area contributed by atoms with Crippen molar-refractivity contribution in [3.05, 3.63) is 65.5 Å². The van der Waals surface area contributed by atoms with Crippen LogP contribution in [-0.2, 0) is 16.4 Å². The molecule has 23 heavy (non-hydrogen) atoms. The molecule has 0 aliphatic rings. The molecule has 0 heterocycles. The van der Waals surface area contributed by atoms with Crippen molar-refractivity contribution in [1.29, 1.82) is 0 Å². The molecule has 0 aliphatic carbocycles. The average molecular weight is 345 g/mol. The number of rotatable bonds is 6. The van der Waals surface area contributed by atoms with Crippen LogP contribution in [0.1, 0.15) is 5.56 Å². The molecule has 2 aromatic carbocycles. The average Bonchev–Trinajstić information content (AvgIpc) is 2.52. The summed E-state index contributed by atoms with van der Waals surface area (Å²) in [7, 11) is -4.31. The minimum Gasteiger partial charge on any atom is -0.395 e. The van der Waals surface area contributed by atoms with Crippen molar-refractivity contribution in [2.75, 3.05) is 6.61 Å². The highest BCUT2D eigenvalue weighted by molar-refractivity contribution is 7.89. The predicted octanol–water partition coefficient (Wildman–Crippen LogP) is 1.99. The van der Waals surface area contributed by atoms with E-state index in [0.717, 1.165) is 5.56 Å². The van der Waals surface area contributed by atoms with E-state index in [1.807, 2.05) is 0 Å². The van der Waals surface area contributed by atoms with E-state index in [4.69, 9.17) is 0 Å². The van der Waals surface area contributed by atoms with E-state index in [9.17, 15) is 26.7 Å². The van der Waals surface area contributed by atoms with Gasteiger partial charge in [0.25, 0.3) is 0 Å². The molecule has 8 heteroatoms. The molecular weight excluding hydrogens is 331 g/mol. The van der Waals surface area contributed by atoms with Gasteiger partial charge in [0.05, 0.1) is 11.5 Å². The second-order valence-corrected chi connectivity index (χ2v) is 6.61. The molecule has 0 radical (unpaired) electrons. The van der Waals surface area contributed by atoms with Crippen LogP contribution in [0.4, 0.5) is 13.2 Å². The fraction of sp³-hybridized carbons (Fsp3) is 0.200. The highest BCUT2D eigenvalue weighted by Gasteiger charge is 2.23. The lowest BCUT2D eigenvalue weighted by atomic mass is 10.1. The van der Waals surface area contributed by atoms with Gasteiger partial charge in [-0.05, 0) is 24.1 Å². The summed E-state index contributed by atoms with van der Waals surface area (Å²) in [6.07, 6.45) is 0.183. The molecule has 124 valence electrons. The first kappa shape index (κ1) is 17.5. The SMILES string of the molecule is O=S(=O)(N[C@@H](CO)Cc1ccccc1)c1cc(F)c(F)c(F)c1. The summed E-state index contributed by atoms with van der Waals surface area (Å²) >= 11 is 0. The minimum absolute atomic E-state index is 0.183. The molecule has 2 rings (SSSR count). The molecule has 0 amide bonds. The Labute approximate surface area is 131 Å². The molecule has 0 aromatic heterocycles. The summed E-state index contributed by atoms with van der Waals surface area (Å²) in [5, 5.41) is 9.32. The first-order valence-corrected chi connectivity index (χ1v) is 8.13. The Morgan fingerprint density at radius 3 is 2.13 bits per heavy atom. The van der Waals surface area contributed by atoms with Crippen LogP contribution >= 0.6 is 0 Å². The van der Waals surface area contributed by atoms with E-state index in [0.29, 0.717) is 12.1 Å². The van der Waals surface area contributed by atoms with E-state index in [1.165, 1.54) is 0 Å². The van der Waals surface area contributed by atoms with Gasteiger partial charge in [0.1, 0.15) is 0 Å². The summed E-state index contributed by atoms with van der Waals surface area (Å²) in [5.74, 6) is -4.95. The van der Waals surface area contributed by atoms with E-state index in [1.54, 1.807) is 30.3 Å². The Morgan fingerprint density at radius 2 is 1.61 bits per heavy atom. The number of sulfonamides is 1. The van der Waals surface area contributed by atoms with Crippen molar-refractivity contribution in [1.82, 2.24) is 4.72 Å². The van der Waals surface area contributed by atoms with Crippen LogP contribution in [0, 0.1) is 17.5 Å². The van der Waals surface area contributed by atoms with Gasteiger partial charge in [0, 0.05) is 6.04 Å². The van der Waals surface area contributed by atoms with E-state index in [-0.39, 0.29) is 6.42 Å². The number of aliphatic hydroxyl groups is 1. The molecule has 4 nitrogen and oxygen atoms in total. The summed E-state index contributed by atoms with van der Waals surface area (Å²) in [6.45, 7) is -0.514. The fourth-order valence-electron chi connectivity index (χ4n) is 2.02. The first-order valence-electron chi connectivity index (χ1n) is 6.65. The van der Waals surface area contributed by atoms with Crippen molar-refractivity contribution in [2.24, 2.45) is 0 Å². The molecule has 0 bridgehead atoms. The molecule has 0 aliphatic heterocycles. The maximum atomic E-state index is 13.2. The van der Waals surface area contributed by atoms with Crippen molar-refractivity contribution in [2.45, 2.75) is 17.4 Å². The van der Waals surface area contributed by atoms with Gasteiger partial charge in [-0.2, -0.15) is 0 Å². The fourth-order valence-corrected chi connectivity index (χ4v) is 3.27. The van der Waals surface area contributed by atoms with Crippen LogP contribution in [-0.4, -0.2) is 26.2 Å². The second kappa shape index (κ2) is 7.12. The maximum absolute atomic E-state index is 13.2. The number of benzene rings is 2. The molecule has 2 aromatic rings. The molecular formula is C15H14F3NO3S. The van der Waals surface area contributed by atoms with E-state index in [2.05, 4.69) is 4.72 Å². The Morgan fingerprint density at radius 1 is 1.04 bits per heavy atom. The van der Waals surface area contributed by atoms with Gasteiger partial charge >= 0.3 is 0 Å². The summed E-state index contributed by atoms with van der Waals surface area (Å²) < 4.78 is 65.7. The summed E-state index contributed by atoms with van der Waals surface area (Å²) in [5.41, 5.74) is 0.769. The van der Waals surface area contributed by atoms with E-state index >= 15 is 0 Å². The van der Waals surface area contributed by atoms with Gasteiger partial charge in [-0.15, -0.1) is 0 Å². The Kier molecular flexibility index (Phi) is 5.40. The van der Waals surface area contributed by atoms with E-state index < -0.39 is 45.0 Å². The van der Waals surface area contributed by atoms with Crippen LogP contribution < -0.4 is 4.72 Å². The van der Waals surface area contributed by atoms with Crippen LogP contribution in [0.15, 0.2) is 47.4 Å². The standard InChI is InChI=1S/C15H14F3NO3S/c16-13-7-12(8-14(17)15(13)18)23(21,22)19-11(9-20)6-10-4-2-1-3-5-10/h1-5,7-8,11,19-20H,6,9H2/t11-/m1/s1. The van der Waals surface area contributed by atoms with Crippen LogP contribution in [0.25, 0.3) is 0 Å². The third-order valence-corrected chi connectivity index (χ3v) is 4.63. The zero-order chi connectivity index (χ0) is 17.0. The van der Waals surface area contributed by atoms with Gasteiger partial charge in [0.2, 0.25) is 10.0 Å². The third kappa shape index (κ3) is 4.31. The highest BCUT2D eigenvalue weighted by Crippen LogP contribution is 2.18. The number of halogens is 3. The van der Waals surface area contributed by atoms with Crippen molar-refractivity contribution in [3.8, 4) is 0 Å². The number of hydrogen-bond donors (Lipinski definition) is 2. The lowest BCUT2D eigenvalue weighted by molar-refractivity contribution is 0.256. The maximum Gasteiger partial charge on any atom is 0.241 e. The van der Waals surface area contributed by atoms with Gasteiger partial charge < -0.3 is 5.11 Å². The number of nitrogens with one attached hydrogen (secondary N) is 1. The van der Waals surface area contributed by atoms with Crippen LogP contribution in [0.5, 0.6) is 0 Å². The minimum atomic E-state index is -4.31. The Bertz CT molecular complexity index is 759. The van der Waals surface area contributed by atoms with Crippen molar-refractivity contribution in [3.63, 3.8) is 0 Å². The summed E-state index contributed by atoms with van der Waals surface area (Å²) in [4.78, 5) is -0.750. The van der Waals surface area contributed by atoms with Gasteiger partial charge in [-0.25, -0.2) is 26.3 Å². The molecule has 0 fully saturated rings. The number of hydrogen-bond acceptors (Lipinski definition) is 3. The number of aliphatic hydroxyl groups excluding tert-OH is 1. The van der Waals surface area contributed by atoms with Gasteiger partial charge in [-0.3, -0.25) is 0 Å². The zero-order valence-electron chi connectivity index (χ0n) is 11.8. The molecule has 0 spiro atoms. The molecule has 1 atom stereocenters. The molecule has 2 N–H and O–H groups in total. The second-order valence-electron chi connectivity index (χ2n) is 4.89. The monoisotopic (exact) mass is 345 g/mol. The van der Waals surface area contributed by atoms with Crippen LogP contribution in [0.2, 0.25) is 0 Å². The molecule has 0 saturated carbocycles. The first-order chi connectivity index (χ1) is 10.8. The zero-order valence-corrected chi connectivity index (χ0v) is 12.7. The largest absolute Gasteiger partial charge is 0.395 e. The van der Waals surface area contributed by atoms with Gasteiger partial charge in [0.15, 0.2) is 17.5 Å². The normalized spacial score (nSPS) is 13.0. The Balaban J connectivity index is 2.22. The quantitative estimate of drug-likeness (QED) is 0.787. The van der Waals surface area contributed by atoms with Crippen molar-refractivity contribution < 1.29 is 26.7 Å². The molecule has 0 unspecified atom stereocenters. The van der Waals surface area contributed by atoms with Gasteiger partial charge in [-0.1, -0.05) is 30.3 Å². The lowest BCUT2D eigenvalue weighted by Gasteiger charge is -2.16. The third-order valence-electron chi connectivity index (χ3n) is 3.13.